The first-order valence-corrected chi connectivity index (χ1v) is 7.76. The van der Waals surface area contributed by atoms with Crippen molar-refractivity contribution in [2.45, 2.75) is 51.5 Å². The topological polar surface area (TPSA) is 63.3 Å². The normalized spacial score (nSPS) is 30.4. The van der Waals surface area contributed by atoms with Gasteiger partial charge in [0.1, 0.15) is 5.54 Å². The van der Waals surface area contributed by atoms with E-state index in [0.29, 0.717) is 6.42 Å². The highest BCUT2D eigenvalue weighted by atomic mass is 32.2. The molecule has 4 heteroatoms. The number of hydrogen-bond acceptors (Lipinski definition) is 3. The first-order valence-electron chi connectivity index (χ1n) is 6.60. The van der Waals surface area contributed by atoms with Crippen LogP contribution in [0.1, 0.15) is 46.0 Å². The molecule has 0 heterocycles. The first kappa shape index (κ1) is 14.8. The smallest absolute Gasteiger partial charge is 0.323 e. The lowest BCUT2D eigenvalue weighted by Crippen LogP contribution is -2.51. The van der Waals surface area contributed by atoms with Crippen molar-refractivity contribution < 1.29 is 9.90 Å². The number of aliphatic carboxylic acids is 1. The highest BCUT2D eigenvalue weighted by Crippen LogP contribution is 2.37. The number of hydrogen-bond donors (Lipinski definition) is 2. The van der Waals surface area contributed by atoms with Gasteiger partial charge in [0.15, 0.2) is 0 Å². The number of carboxylic acids is 1. The Morgan fingerprint density at radius 2 is 2.35 bits per heavy atom. The van der Waals surface area contributed by atoms with E-state index in [4.69, 9.17) is 5.73 Å². The summed E-state index contributed by atoms with van der Waals surface area (Å²) >= 11 is 1.94. The number of rotatable bonds is 7. The van der Waals surface area contributed by atoms with E-state index >= 15 is 0 Å². The van der Waals surface area contributed by atoms with E-state index < -0.39 is 11.5 Å². The Morgan fingerprint density at radius 1 is 1.65 bits per heavy atom. The largest absolute Gasteiger partial charge is 0.480 e. The minimum absolute atomic E-state index is 0.171. The maximum atomic E-state index is 11.2. The van der Waals surface area contributed by atoms with E-state index in [0.717, 1.165) is 30.9 Å². The summed E-state index contributed by atoms with van der Waals surface area (Å²) in [6.07, 6.45) is 4.75. The summed E-state index contributed by atoms with van der Waals surface area (Å²) in [4.78, 5) is 11.2. The third kappa shape index (κ3) is 3.88. The van der Waals surface area contributed by atoms with Crippen molar-refractivity contribution >= 4 is 17.7 Å². The van der Waals surface area contributed by atoms with Gasteiger partial charge in [-0.05, 0) is 42.6 Å². The molecule has 100 valence electrons. The van der Waals surface area contributed by atoms with Crippen LogP contribution in [0.2, 0.25) is 0 Å². The molecule has 0 amide bonds. The zero-order valence-corrected chi connectivity index (χ0v) is 11.8. The van der Waals surface area contributed by atoms with Crippen molar-refractivity contribution in [1.82, 2.24) is 0 Å². The molecule has 1 aliphatic carbocycles. The molecular formula is C13H25NO2S. The summed E-state index contributed by atoms with van der Waals surface area (Å²) in [5.41, 5.74) is 5.06. The molecule has 3 unspecified atom stereocenters. The summed E-state index contributed by atoms with van der Waals surface area (Å²) in [6.45, 7) is 4.46. The molecule has 1 saturated carbocycles. The zero-order valence-electron chi connectivity index (χ0n) is 10.9. The average Bonchev–Trinajstić information content (AvgIpc) is 2.67. The lowest BCUT2D eigenvalue weighted by molar-refractivity contribution is -0.144. The molecule has 17 heavy (non-hydrogen) atoms. The van der Waals surface area contributed by atoms with Crippen molar-refractivity contribution in [2.75, 3.05) is 11.5 Å². The quantitative estimate of drug-likeness (QED) is 0.690. The van der Waals surface area contributed by atoms with Gasteiger partial charge in [-0.2, -0.15) is 11.8 Å². The summed E-state index contributed by atoms with van der Waals surface area (Å²) in [6, 6.07) is 0. The summed E-state index contributed by atoms with van der Waals surface area (Å²) in [7, 11) is 0. The van der Waals surface area contributed by atoms with Crippen LogP contribution in [0.3, 0.4) is 0 Å². The number of carboxylic acid groups (broad SMARTS) is 1. The third-order valence-corrected chi connectivity index (χ3v) is 5.31. The lowest BCUT2D eigenvalue weighted by Gasteiger charge is -2.26. The third-order valence-electron chi connectivity index (χ3n) is 3.98. The molecule has 0 bridgehead atoms. The molecule has 3 nitrogen and oxygen atoms in total. The molecule has 0 radical (unpaired) electrons. The molecule has 3 atom stereocenters. The molecule has 0 saturated heterocycles. The summed E-state index contributed by atoms with van der Waals surface area (Å²) in [5, 5.41) is 9.19. The Balaban J connectivity index is 2.29. The maximum Gasteiger partial charge on any atom is 0.323 e. The standard InChI is InChI=1S/C13H25NO2S/c1-3-10(2)9-17-8-6-11-5-4-7-13(11,14)12(15)16/h10-11H,3-9,14H2,1-2H3,(H,15,16). The van der Waals surface area contributed by atoms with Gasteiger partial charge in [0.2, 0.25) is 0 Å². The molecule has 1 rings (SSSR count). The SMILES string of the molecule is CCC(C)CSCCC1CCCC1(N)C(=O)O. The molecule has 0 aromatic heterocycles. The highest BCUT2D eigenvalue weighted by molar-refractivity contribution is 7.99. The Bertz CT molecular complexity index is 260. The Kier molecular flexibility index (Phi) is 5.80. The molecular weight excluding hydrogens is 234 g/mol. The molecule has 0 aromatic rings. The van der Waals surface area contributed by atoms with E-state index in [1.165, 1.54) is 12.2 Å². The Morgan fingerprint density at radius 3 is 2.94 bits per heavy atom. The van der Waals surface area contributed by atoms with Crippen molar-refractivity contribution in [3.8, 4) is 0 Å². The van der Waals surface area contributed by atoms with Crippen LogP contribution in [0.25, 0.3) is 0 Å². The first-order chi connectivity index (χ1) is 8.00. The van der Waals surface area contributed by atoms with Crippen molar-refractivity contribution in [2.24, 2.45) is 17.6 Å². The monoisotopic (exact) mass is 259 g/mol. The van der Waals surface area contributed by atoms with Gasteiger partial charge in [0, 0.05) is 0 Å². The van der Waals surface area contributed by atoms with Crippen LogP contribution in [-0.2, 0) is 4.79 Å². The van der Waals surface area contributed by atoms with Gasteiger partial charge in [-0.3, -0.25) is 4.79 Å². The Labute approximate surface area is 109 Å². The lowest BCUT2D eigenvalue weighted by atomic mass is 9.86. The predicted octanol–water partition coefficient (Wildman–Crippen LogP) is 2.74. The number of nitrogens with two attached hydrogens (primary N) is 1. The Hall–Kier alpha value is -0.220. The van der Waals surface area contributed by atoms with Gasteiger partial charge in [-0.25, -0.2) is 0 Å². The van der Waals surface area contributed by atoms with Crippen LogP contribution in [0.5, 0.6) is 0 Å². The van der Waals surface area contributed by atoms with E-state index in [1.54, 1.807) is 0 Å². The van der Waals surface area contributed by atoms with Crippen LogP contribution >= 0.6 is 11.8 Å². The van der Waals surface area contributed by atoms with E-state index in [1.807, 2.05) is 11.8 Å². The zero-order chi connectivity index (χ0) is 12.9. The second-order valence-electron chi connectivity index (χ2n) is 5.31. The summed E-state index contributed by atoms with van der Waals surface area (Å²) in [5.74, 6) is 2.33. The van der Waals surface area contributed by atoms with Crippen LogP contribution in [-0.4, -0.2) is 28.1 Å². The van der Waals surface area contributed by atoms with Gasteiger partial charge < -0.3 is 10.8 Å². The van der Waals surface area contributed by atoms with Crippen molar-refractivity contribution in [1.29, 1.82) is 0 Å². The van der Waals surface area contributed by atoms with Crippen LogP contribution < -0.4 is 5.73 Å². The maximum absolute atomic E-state index is 11.2. The number of carbonyl (C=O) groups is 1. The predicted molar refractivity (Wildman–Crippen MR) is 73.3 cm³/mol. The summed E-state index contributed by atoms with van der Waals surface area (Å²) < 4.78 is 0. The van der Waals surface area contributed by atoms with Gasteiger partial charge in [-0.15, -0.1) is 0 Å². The van der Waals surface area contributed by atoms with E-state index in [-0.39, 0.29) is 5.92 Å². The van der Waals surface area contributed by atoms with Gasteiger partial charge >= 0.3 is 5.97 Å². The molecule has 0 aliphatic heterocycles. The second kappa shape index (κ2) is 6.64. The van der Waals surface area contributed by atoms with Gasteiger partial charge in [-0.1, -0.05) is 26.7 Å². The number of thioether (sulfide) groups is 1. The molecule has 0 aromatic carbocycles. The fourth-order valence-corrected chi connectivity index (χ4v) is 3.67. The van der Waals surface area contributed by atoms with Crippen LogP contribution in [0, 0.1) is 11.8 Å². The van der Waals surface area contributed by atoms with Crippen LogP contribution in [0.15, 0.2) is 0 Å². The fourth-order valence-electron chi connectivity index (χ4n) is 2.41. The van der Waals surface area contributed by atoms with Crippen molar-refractivity contribution in [3.05, 3.63) is 0 Å². The average molecular weight is 259 g/mol. The van der Waals surface area contributed by atoms with Crippen molar-refractivity contribution in [3.63, 3.8) is 0 Å². The molecule has 3 N–H and O–H groups in total. The highest BCUT2D eigenvalue weighted by Gasteiger charge is 2.45. The minimum atomic E-state index is -0.947. The molecule has 1 fully saturated rings. The fraction of sp³-hybridized carbons (Fsp3) is 0.923. The minimum Gasteiger partial charge on any atom is -0.480 e. The van der Waals surface area contributed by atoms with Gasteiger partial charge in [0.05, 0.1) is 0 Å². The van der Waals surface area contributed by atoms with Gasteiger partial charge in [0.25, 0.3) is 0 Å². The molecule has 0 spiro atoms. The second-order valence-corrected chi connectivity index (χ2v) is 6.46. The van der Waals surface area contributed by atoms with Crippen LogP contribution in [0.4, 0.5) is 0 Å². The molecule has 1 aliphatic rings. The van der Waals surface area contributed by atoms with E-state index in [9.17, 15) is 9.90 Å². The van der Waals surface area contributed by atoms with E-state index in [2.05, 4.69) is 13.8 Å².